The summed E-state index contributed by atoms with van der Waals surface area (Å²) in [5, 5.41) is 0.579. The van der Waals surface area contributed by atoms with Crippen LogP contribution in [0.25, 0.3) is 10.2 Å². The zero-order chi connectivity index (χ0) is 21.1. The molecule has 2 aromatic carbocycles. The molecule has 0 fully saturated rings. The van der Waals surface area contributed by atoms with Gasteiger partial charge in [-0.2, -0.15) is 0 Å². The number of hydrogen-bond acceptors (Lipinski definition) is 6. The Bertz CT molecular complexity index is 1210. The van der Waals surface area contributed by atoms with Gasteiger partial charge >= 0.3 is 5.97 Å². The molecule has 2 aromatic heterocycles. The molecule has 0 unspecified atom stereocenters. The molecule has 0 saturated heterocycles. The molecule has 0 aliphatic carbocycles. The first-order chi connectivity index (χ1) is 14.5. The standard InChI is InChI=1S/C22H16BrN3O3S/c1-29-21(28)15-7-5-14(6-8-15)20(27)26(13-17-4-2-3-11-24-17)22-25-18-10-9-16(23)12-19(18)30-22/h2-12H,13H2,1H3. The third-order valence-electron chi connectivity index (χ3n) is 4.41. The van der Waals surface area contributed by atoms with Crippen molar-refractivity contribution in [2.24, 2.45) is 0 Å². The van der Waals surface area contributed by atoms with Crippen LogP contribution in [0.3, 0.4) is 0 Å². The number of carbonyl (C=O) groups is 2. The molecule has 0 saturated carbocycles. The molecule has 0 radical (unpaired) electrons. The van der Waals surface area contributed by atoms with Crippen LogP contribution in [-0.2, 0) is 11.3 Å². The summed E-state index contributed by atoms with van der Waals surface area (Å²) in [6.07, 6.45) is 1.69. The Kier molecular flexibility index (Phi) is 5.87. The number of esters is 1. The lowest BCUT2D eigenvalue weighted by molar-refractivity contribution is 0.0600. The van der Waals surface area contributed by atoms with Crippen molar-refractivity contribution < 1.29 is 14.3 Å². The second kappa shape index (κ2) is 8.73. The van der Waals surface area contributed by atoms with Crippen molar-refractivity contribution in [1.82, 2.24) is 9.97 Å². The van der Waals surface area contributed by atoms with Gasteiger partial charge in [0.1, 0.15) is 0 Å². The van der Waals surface area contributed by atoms with Crippen molar-refractivity contribution >= 4 is 54.5 Å². The summed E-state index contributed by atoms with van der Waals surface area (Å²) in [4.78, 5) is 35.7. The van der Waals surface area contributed by atoms with E-state index in [9.17, 15) is 9.59 Å². The third-order valence-corrected chi connectivity index (χ3v) is 5.95. The van der Waals surface area contributed by atoms with E-state index < -0.39 is 5.97 Å². The second-order valence-electron chi connectivity index (χ2n) is 6.39. The molecular weight excluding hydrogens is 466 g/mol. The number of methoxy groups -OCH3 is 1. The molecule has 0 N–H and O–H groups in total. The largest absolute Gasteiger partial charge is 0.465 e. The quantitative estimate of drug-likeness (QED) is 0.371. The topological polar surface area (TPSA) is 72.4 Å². The third kappa shape index (κ3) is 4.24. The Hall–Kier alpha value is -3.10. The molecule has 0 spiro atoms. The lowest BCUT2D eigenvalue weighted by atomic mass is 10.1. The average molecular weight is 482 g/mol. The minimum Gasteiger partial charge on any atom is -0.465 e. The van der Waals surface area contributed by atoms with Crippen LogP contribution in [0.1, 0.15) is 26.4 Å². The number of pyridine rings is 1. The molecular formula is C22H16BrN3O3S. The molecule has 0 aliphatic heterocycles. The van der Waals surface area contributed by atoms with Gasteiger partial charge in [-0.05, 0) is 54.6 Å². The summed E-state index contributed by atoms with van der Waals surface area (Å²) in [5.74, 6) is -0.675. The van der Waals surface area contributed by atoms with Crippen molar-refractivity contribution in [3.05, 3.63) is 88.2 Å². The molecule has 1 amide bonds. The van der Waals surface area contributed by atoms with Gasteiger partial charge in [0, 0.05) is 16.2 Å². The Morgan fingerprint density at radius 2 is 1.83 bits per heavy atom. The number of aromatic nitrogens is 2. The molecule has 6 nitrogen and oxygen atoms in total. The Morgan fingerprint density at radius 1 is 1.07 bits per heavy atom. The predicted molar refractivity (Wildman–Crippen MR) is 120 cm³/mol. The number of hydrogen-bond donors (Lipinski definition) is 0. The van der Waals surface area contributed by atoms with Crippen LogP contribution >= 0.6 is 27.3 Å². The van der Waals surface area contributed by atoms with Crippen LogP contribution in [0.2, 0.25) is 0 Å². The maximum Gasteiger partial charge on any atom is 0.337 e. The lowest BCUT2D eigenvalue weighted by Crippen LogP contribution is -2.30. The number of benzene rings is 2. The molecule has 0 bridgehead atoms. The normalized spacial score (nSPS) is 10.7. The summed E-state index contributed by atoms with van der Waals surface area (Å²) in [5.41, 5.74) is 2.39. The van der Waals surface area contributed by atoms with Gasteiger partial charge in [-0.3, -0.25) is 14.7 Å². The van der Waals surface area contributed by atoms with Gasteiger partial charge in [-0.15, -0.1) is 0 Å². The lowest BCUT2D eigenvalue weighted by Gasteiger charge is -2.19. The number of amides is 1. The van der Waals surface area contributed by atoms with Crippen LogP contribution in [0.4, 0.5) is 5.13 Å². The van der Waals surface area contributed by atoms with Crippen LogP contribution < -0.4 is 4.90 Å². The van der Waals surface area contributed by atoms with E-state index in [1.807, 2.05) is 36.4 Å². The second-order valence-corrected chi connectivity index (χ2v) is 8.31. The molecule has 4 aromatic rings. The zero-order valence-corrected chi connectivity index (χ0v) is 18.3. The molecule has 0 aliphatic rings. The zero-order valence-electron chi connectivity index (χ0n) is 15.9. The Balaban J connectivity index is 1.72. The number of anilines is 1. The van der Waals surface area contributed by atoms with Crippen molar-refractivity contribution in [2.45, 2.75) is 6.54 Å². The summed E-state index contributed by atoms with van der Waals surface area (Å²) in [6.45, 7) is 0.277. The highest BCUT2D eigenvalue weighted by molar-refractivity contribution is 9.10. The summed E-state index contributed by atoms with van der Waals surface area (Å²) < 4.78 is 6.64. The highest BCUT2D eigenvalue weighted by Crippen LogP contribution is 2.32. The number of halogens is 1. The van der Waals surface area contributed by atoms with Crippen LogP contribution in [0, 0.1) is 0 Å². The molecule has 0 atom stereocenters. The maximum atomic E-state index is 13.4. The molecule has 150 valence electrons. The predicted octanol–water partition coefficient (Wildman–Crippen LogP) is 5.09. The van der Waals surface area contributed by atoms with Gasteiger partial charge in [-0.1, -0.05) is 33.3 Å². The molecule has 8 heteroatoms. The first-order valence-electron chi connectivity index (χ1n) is 9.01. The van der Waals surface area contributed by atoms with Gasteiger partial charge in [-0.25, -0.2) is 9.78 Å². The van der Waals surface area contributed by atoms with Gasteiger partial charge in [0.2, 0.25) is 0 Å². The fraction of sp³-hybridized carbons (Fsp3) is 0.0909. The van der Waals surface area contributed by atoms with E-state index >= 15 is 0 Å². The minimum atomic E-state index is -0.448. The highest BCUT2D eigenvalue weighted by atomic mass is 79.9. The van der Waals surface area contributed by atoms with Gasteiger partial charge in [0.25, 0.3) is 5.91 Å². The number of thiazole rings is 1. The Morgan fingerprint density at radius 3 is 2.53 bits per heavy atom. The first-order valence-corrected chi connectivity index (χ1v) is 10.6. The van der Waals surface area contributed by atoms with Crippen molar-refractivity contribution in [1.29, 1.82) is 0 Å². The van der Waals surface area contributed by atoms with Gasteiger partial charge < -0.3 is 4.74 Å². The van der Waals surface area contributed by atoms with Crippen LogP contribution in [0.5, 0.6) is 0 Å². The number of ether oxygens (including phenoxy) is 1. The summed E-state index contributed by atoms with van der Waals surface area (Å²) in [7, 11) is 1.32. The number of nitrogens with zero attached hydrogens (tertiary/aromatic N) is 3. The van der Waals surface area contributed by atoms with E-state index in [-0.39, 0.29) is 12.5 Å². The Labute approximate surface area is 185 Å². The SMILES string of the molecule is COC(=O)c1ccc(C(=O)N(Cc2ccccn2)c2nc3ccc(Br)cc3s2)cc1. The fourth-order valence-corrected chi connectivity index (χ4v) is 4.42. The van der Waals surface area contributed by atoms with Crippen LogP contribution in [0.15, 0.2) is 71.3 Å². The van der Waals surface area contributed by atoms with Crippen LogP contribution in [-0.4, -0.2) is 29.0 Å². The minimum absolute atomic E-state index is 0.227. The monoisotopic (exact) mass is 481 g/mol. The molecule has 30 heavy (non-hydrogen) atoms. The van der Waals surface area contributed by atoms with Gasteiger partial charge in [0.15, 0.2) is 5.13 Å². The summed E-state index contributed by atoms with van der Waals surface area (Å²) in [6, 6.07) is 17.8. The first kappa shape index (κ1) is 20.2. The molecule has 4 rings (SSSR count). The van der Waals surface area contributed by atoms with Crippen molar-refractivity contribution in [3.63, 3.8) is 0 Å². The maximum absolute atomic E-state index is 13.4. The van der Waals surface area contributed by atoms with E-state index in [0.717, 1.165) is 20.4 Å². The van der Waals surface area contributed by atoms with E-state index in [1.54, 1.807) is 35.4 Å². The molecule has 2 heterocycles. The van der Waals surface area contributed by atoms with Crippen molar-refractivity contribution in [3.8, 4) is 0 Å². The summed E-state index contributed by atoms with van der Waals surface area (Å²) >= 11 is 4.91. The highest BCUT2D eigenvalue weighted by Gasteiger charge is 2.22. The fourth-order valence-electron chi connectivity index (χ4n) is 2.90. The van der Waals surface area contributed by atoms with E-state index in [0.29, 0.717) is 16.3 Å². The smallest absolute Gasteiger partial charge is 0.337 e. The van der Waals surface area contributed by atoms with Gasteiger partial charge in [0.05, 0.1) is 35.1 Å². The van der Waals surface area contributed by atoms with Crippen molar-refractivity contribution in [2.75, 3.05) is 12.0 Å². The average Bonchev–Trinajstić information content (AvgIpc) is 3.20. The number of rotatable bonds is 5. The number of fused-ring (bicyclic) bond motifs is 1. The van der Waals surface area contributed by atoms with E-state index in [4.69, 9.17) is 4.74 Å². The van der Waals surface area contributed by atoms with E-state index in [2.05, 4.69) is 25.9 Å². The number of carbonyl (C=O) groups excluding carboxylic acids is 2. The van der Waals surface area contributed by atoms with E-state index in [1.165, 1.54) is 18.4 Å².